The zero-order chi connectivity index (χ0) is 12.1. The molecule has 2 aromatic rings. The van der Waals surface area contributed by atoms with Gasteiger partial charge in [-0.2, -0.15) is 0 Å². The number of methoxy groups -OCH3 is 1. The summed E-state index contributed by atoms with van der Waals surface area (Å²) >= 11 is 0. The number of nitrogens with two attached hydrogens (primary N) is 1. The van der Waals surface area contributed by atoms with Crippen molar-refractivity contribution in [2.45, 2.75) is 6.54 Å². The molecule has 0 spiro atoms. The first-order chi connectivity index (χ1) is 8.33. The van der Waals surface area contributed by atoms with E-state index < -0.39 is 0 Å². The molecule has 4 nitrogen and oxygen atoms in total. The molecule has 0 radical (unpaired) electrons. The monoisotopic (exact) mass is 229 g/mol. The molecular weight excluding hydrogens is 214 g/mol. The summed E-state index contributed by atoms with van der Waals surface area (Å²) in [6.45, 7) is 0.458. The lowest BCUT2D eigenvalue weighted by molar-refractivity contribution is 0.415. The third-order valence-electron chi connectivity index (χ3n) is 2.44. The summed E-state index contributed by atoms with van der Waals surface area (Å²) < 4.78 is 5.16. The minimum absolute atomic E-state index is 0.458. The fourth-order valence-corrected chi connectivity index (χ4v) is 1.55. The molecule has 0 saturated carbocycles. The summed E-state index contributed by atoms with van der Waals surface area (Å²) in [7, 11) is 1.64. The molecule has 0 fully saturated rings. The highest BCUT2D eigenvalue weighted by Crippen LogP contribution is 2.21. The zero-order valence-electron chi connectivity index (χ0n) is 9.68. The largest absolute Gasteiger partial charge is 0.497 e. The first-order valence-corrected chi connectivity index (χ1v) is 5.38. The number of rotatable bonds is 4. The van der Waals surface area contributed by atoms with Crippen LogP contribution in [-0.2, 0) is 6.54 Å². The Bertz CT molecular complexity index is 500. The van der Waals surface area contributed by atoms with Crippen molar-refractivity contribution in [3.05, 3.63) is 48.2 Å². The second-order valence-electron chi connectivity index (χ2n) is 3.57. The SMILES string of the molecule is COc1cccc(Nc2ncccc2CN)c1. The molecule has 0 saturated heterocycles. The molecule has 0 aliphatic rings. The zero-order valence-corrected chi connectivity index (χ0v) is 9.68. The molecule has 0 aliphatic carbocycles. The molecule has 1 aromatic heterocycles. The Labute approximate surface area is 100 Å². The van der Waals surface area contributed by atoms with Crippen LogP contribution in [0.25, 0.3) is 0 Å². The number of aromatic nitrogens is 1. The lowest BCUT2D eigenvalue weighted by Gasteiger charge is -2.10. The van der Waals surface area contributed by atoms with E-state index in [2.05, 4.69) is 10.3 Å². The van der Waals surface area contributed by atoms with Crippen molar-refractivity contribution in [2.75, 3.05) is 12.4 Å². The maximum absolute atomic E-state index is 5.66. The minimum atomic E-state index is 0.458. The van der Waals surface area contributed by atoms with Gasteiger partial charge < -0.3 is 15.8 Å². The highest BCUT2D eigenvalue weighted by molar-refractivity contribution is 5.60. The fourth-order valence-electron chi connectivity index (χ4n) is 1.55. The second kappa shape index (κ2) is 5.32. The number of hydrogen-bond donors (Lipinski definition) is 2. The first-order valence-electron chi connectivity index (χ1n) is 5.38. The molecule has 17 heavy (non-hydrogen) atoms. The van der Waals surface area contributed by atoms with Gasteiger partial charge in [-0.1, -0.05) is 12.1 Å². The van der Waals surface area contributed by atoms with Gasteiger partial charge in [-0.05, 0) is 18.2 Å². The van der Waals surface area contributed by atoms with E-state index in [1.807, 2.05) is 36.4 Å². The van der Waals surface area contributed by atoms with Crippen LogP contribution in [0.1, 0.15) is 5.56 Å². The van der Waals surface area contributed by atoms with Crippen LogP contribution in [-0.4, -0.2) is 12.1 Å². The smallest absolute Gasteiger partial charge is 0.134 e. The average molecular weight is 229 g/mol. The van der Waals surface area contributed by atoms with Crippen LogP contribution < -0.4 is 15.8 Å². The number of benzene rings is 1. The van der Waals surface area contributed by atoms with E-state index >= 15 is 0 Å². The Kier molecular flexibility index (Phi) is 3.57. The van der Waals surface area contributed by atoms with Crippen molar-refractivity contribution in [1.29, 1.82) is 0 Å². The normalized spacial score (nSPS) is 10.0. The van der Waals surface area contributed by atoms with E-state index in [0.29, 0.717) is 6.54 Å². The number of anilines is 2. The number of hydrogen-bond acceptors (Lipinski definition) is 4. The molecule has 0 atom stereocenters. The number of ether oxygens (including phenoxy) is 1. The summed E-state index contributed by atoms with van der Waals surface area (Å²) in [5, 5.41) is 3.23. The molecule has 0 aliphatic heterocycles. The molecule has 1 aromatic carbocycles. The lowest BCUT2D eigenvalue weighted by Crippen LogP contribution is -2.03. The third kappa shape index (κ3) is 2.73. The van der Waals surface area contributed by atoms with Crippen LogP contribution in [0.4, 0.5) is 11.5 Å². The predicted molar refractivity (Wildman–Crippen MR) is 68.4 cm³/mol. The summed E-state index contributed by atoms with van der Waals surface area (Å²) in [6.07, 6.45) is 1.74. The summed E-state index contributed by atoms with van der Waals surface area (Å²) in [6, 6.07) is 11.5. The van der Waals surface area contributed by atoms with Gasteiger partial charge in [0.25, 0.3) is 0 Å². The van der Waals surface area contributed by atoms with Gasteiger partial charge in [-0.25, -0.2) is 4.98 Å². The van der Waals surface area contributed by atoms with Crippen molar-refractivity contribution >= 4 is 11.5 Å². The van der Waals surface area contributed by atoms with E-state index in [1.165, 1.54) is 0 Å². The van der Waals surface area contributed by atoms with Crippen LogP contribution in [0.5, 0.6) is 5.75 Å². The van der Waals surface area contributed by atoms with Crippen LogP contribution in [0, 0.1) is 0 Å². The molecule has 0 amide bonds. The molecule has 0 bridgehead atoms. The molecule has 3 N–H and O–H groups in total. The lowest BCUT2D eigenvalue weighted by atomic mass is 10.2. The van der Waals surface area contributed by atoms with Gasteiger partial charge in [0.15, 0.2) is 0 Å². The summed E-state index contributed by atoms with van der Waals surface area (Å²) in [5.74, 6) is 1.59. The van der Waals surface area contributed by atoms with Gasteiger partial charge in [-0.3, -0.25) is 0 Å². The van der Waals surface area contributed by atoms with E-state index in [0.717, 1.165) is 22.8 Å². The molecule has 0 unspecified atom stereocenters. The molecule has 88 valence electrons. The number of pyridine rings is 1. The number of nitrogens with zero attached hydrogens (tertiary/aromatic N) is 1. The maximum Gasteiger partial charge on any atom is 0.134 e. The van der Waals surface area contributed by atoms with Crippen LogP contribution in [0.3, 0.4) is 0 Å². The highest BCUT2D eigenvalue weighted by atomic mass is 16.5. The molecule has 1 heterocycles. The van der Waals surface area contributed by atoms with E-state index in [4.69, 9.17) is 10.5 Å². The van der Waals surface area contributed by atoms with Gasteiger partial charge in [0.05, 0.1) is 7.11 Å². The first kappa shape index (κ1) is 11.4. The van der Waals surface area contributed by atoms with E-state index in [1.54, 1.807) is 13.3 Å². The van der Waals surface area contributed by atoms with E-state index in [-0.39, 0.29) is 0 Å². The number of nitrogens with one attached hydrogen (secondary N) is 1. The third-order valence-corrected chi connectivity index (χ3v) is 2.44. The van der Waals surface area contributed by atoms with E-state index in [9.17, 15) is 0 Å². The summed E-state index contributed by atoms with van der Waals surface area (Å²) in [4.78, 5) is 4.27. The maximum atomic E-state index is 5.66. The van der Waals surface area contributed by atoms with Crippen molar-refractivity contribution in [1.82, 2.24) is 4.98 Å². The van der Waals surface area contributed by atoms with Crippen molar-refractivity contribution < 1.29 is 4.74 Å². The molecular formula is C13H15N3O. The van der Waals surface area contributed by atoms with Gasteiger partial charge in [0.2, 0.25) is 0 Å². The van der Waals surface area contributed by atoms with Gasteiger partial charge in [0, 0.05) is 30.1 Å². The minimum Gasteiger partial charge on any atom is -0.497 e. The Morgan fingerprint density at radius 3 is 2.94 bits per heavy atom. The molecule has 4 heteroatoms. The van der Waals surface area contributed by atoms with Crippen molar-refractivity contribution in [3.8, 4) is 5.75 Å². The van der Waals surface area contributed by atoms with Crippen LogP contribution in [0.15, 0.2) is 42.6 Å². The fraction of sp³-hybridized carbons (Fsp3) is 0.154. The second-order valence-corrected chi connectivity index (χ2v) is 3.57. The average Bonchev–Trinajstić information content (AvgIpc) is 2.39. The topological polar surface area (TPSA) is 60.2 Å². The van der Waals surface area contributed by atoms with Crippen molar-refractivity contribution in [2.24, 2.45) is 5.73 Å². The Morgan fingerprint density at radius 2 is 2.18 bits per heavy atom. The van der Waals surface area contributed by atoms with Gasteiger partial charge >= 0.3 is 0 Å². The Balaban J connectivity index is 2.24. The van der Waals surface area contributed by atoms with Crippen LogP contribution >= 0.6 is 0 Å². The summed E-state index contributed by atoms with van der Waals surface area (Å²) in [5.41, 5.74) is 7.57. The van der Waals surface area contributed by atoms with Gasteiger partial charge in [-0.15, -0.1) is 0 Å². The predicted octanol–water partition coefficient (Wildman–Crippen LogP) is 2.29. The molecule has 2 rings (SSSR count). The van der Waals surface area contributed by atoms with Gasteiger partial charge in [0.1, 0.15) is 11.6 Å². The Hall–Kier alpha value is -2.07. The standard InChI is InChI=1S/C13H15N3O/c1-17-12-6-2-5-11(8-12)16-13-10(9-14)4-3-7-15-13/h2-8H,9,14H2,1H3,(H,15,16). The van der Waals surface area contributed by atoms with Crippen molar-refractivity contribution in [3.63, 3.8) is 0 Å². The Morgan fingerprint density at radius 1 is 1.29 bits per heavy atom. The highest BCUT2D eigenvalue weighted by Gasteiger charge is 2.02. The van der Waals surface area contributed by atoms with Crippen LogP contribution in [0.2, 0.25) is 0 Å². The quantitative estimate of drug-likeness (QED) is 0.844.